The Balaban J connectivity index is 3.04. The van der Waals surface area contributed by atoms with E-state index in [-0.39, 0.29) is 5.75 Å². The van der Waals surface area contributed by atoms with Crippen molar-refractivity contribution >= 4 is 25.8 Å². The van der Waals surface area contributed by atoms with Crippen LogP contribution < -0.4 is 4.74 Å². The fraction of sp³-hybridized carbons (Fsp3) is 0.333. The van der Waals surface area contributed by atoms with E-state index in [2.05, 4.69) is 15.9 Å². The van der Waals surface area contributed by atoms with Gasteiger partial charge in [-0.25, -0.2) is 8.42 Å². The number of methoxy groups -OCH3 is 1. The van der Waals surface area contributed by atoms with E-state index in [1.165, 1.54) is 6.26 Å². The Bertz CT molecular complexity index is 426. The van der Waals surface area contributed by atoms with Crippen molar-refractivity contribution in [2.45, 2.75) is 5.75 Å². The zero-order valence-corrected chi connectivity index (χ0v) is 10.4. The first-order chi connectivity index (χ1) is 6.40. The Kier molecular flexibility index (Phi) is 3.55. The molecule has 0 saturated heterocycles. The van der Waals surface area contributed by atoms with Crippen LogP contribution in [0.5, 0.6) is 5.75 Å². The highest BCUT2D eigenvalue weighted by molar-refractivity contribution is 9.10. The van der Waals surface area contributed by atoms with E-state index in [4.69, 9.17) is 4.74 Å². The summed E-state index contributed by atoms with van der Waals surface area (Å²) in [4.78, 5) is 0. The SMILES string of the molecule is COc1cc(Br)cc(CS(C)(=O)=O)c1. The summed E-state index contributed by atoms with van der Waals surface area (Å²) in [5, 5.41) is 0. The number of ether oxygens (including phenoxy) is 1. The molecule has 0 bridgehead atoms. The third-order valence-corrected chi connectivity index (χ3v) is 2.91. The van der Waals surface area contributed by atoms with Gasteiger partial charge in [0.1, 0.15) is 5.75 Å². The van der Waals surface area contributed by atoms with E-state index in [1.54, 1.807) is 25.3 Å². The smallest absolute Gasteiger partial charge is 0.151 e. The van der Waals surface area contributed by atoms with Crippen LogP contribution in [0.25, 0.3) is 0 Å². The first-order valence-corrected chi connectivity index (χ1v) is 6.77. The third-order valence-electron chi connectivity index (χ3n) is 1.60. The van der Waals surface area contributed by atoms with E-state index < -0.39 is 9.84 Å². The molecule has 0 spiro atoms. The zero-order valence-electron chi connectivity index (χ0n) is 7.95. The summed E-state index contributed by atoms with van der Waals surface area (Å²) in [6, 6.07) is 5.27. The average molecular weight is 279 g/mol. The largest absolute Gasteiger partial charge is 0.497 e. The molecule has 0 aromatic heterocycles. The van der Waals surface area contributed by atoms with E-state index in [0.717, 1.165) is 10.0 Å². The maximum absolute atomic E-state index is 11.1. The maximum atomic E-state index is 11.1. The minimum Gasteiger partial charge on any atom is -0.497 e. The van der Waals surface area contributed by atoms with Crippen LogP contribution >= 0.6 is 15.9 Å². The second-order valence-electron chi connectivity index (χ2n) is 3.07. The molecule has 14 heavy (non-hydrogen) atoms. The molecule has 0 amide bonds. The standard InChI is InChI=1S/C9H11BrO3S/c1-13-9-4-7(3-8(10)5-9)6-14(2,11)12/h3-5H,6H2,1-2H3. The predicted molar refractivity (Wildman–Crippen MR) is 59.2 cm³/mol. The molecule has 1 aromatic carbocycles. The van der Waals surface area contributed by atoms with Crippen molar-refractivity contribution in [1.29, 1.82) is 0 Å². The van der Waals surface area contributed by atoms with Crippen molar-refractivity contribution in [1.82, 2.24) is 0 Å². The van der Waals surface area contributed by atoms with Gasteiger partial charge in [0.25, 0.3) is 0 Å². The van der Waals surface area contributed by atoms with Gasteiger partial charge in [0.2, 0.25) is 0 Å². The molecule has 1 rings (SSSR count). The molecule has 0 aliphatic carbocycles. The van der Waals surface area contributed by atoms with Crippen LogP contribution in [-0.2, 0) is 15.6 Å². The van der Waals surface area contributed by atoms with Gasteiger partial charge >= 0.3 is 0 Å². The molecule has 0 saturated carbocycles. The van der Waals surface area contributed by atoms with Gasteiger partial charge < -0.3 is 4.74 Å². The van der Waals surface area contributed by atoms with Crippen LogP contribution in [-0.4, -0.2) is 21.8 Å². The number of halogens is 1. The van der Waals surface area contributed by atoms with Crippen molar-refractivity contribution in [3.05, 3.63) is 28.2 Å². The molecule has 3 nitrogen and oxygen atoms in total. The Labute approximate surface area is 92.1 Å². The minimum absolute atomic E-state index is 0.0306. The zero-order chi connectivity index (χ0) is 10.8. The van der Waals surface area contributed by atoms with Gasteiger partial charge in [-0.2, -0.15) is 0 Å². The lowest BCUT2D eigenvalue weighted by molar-refractivity contribution is 0.414. The van der Waals surface area contributed by atoms with Crippen LogP contribution in [0.3, 0.4) is 0 Å². The van der Waals surface area contributed by atoms with Crippen molar-refractivity contribution in [2.24, 2.45) is 0 Å². The number of hydrogen-bond acceptors (Lipinski definition) is 3. The van der Waals surface area contributed by atoms with Crippen molar-refractivity contribution < 1.29 is 13.2 Å². The lowest BCUT2D eigenvalue weighted by Gasteiger charge is -2.04. The molecular formula is C9H11BrO3S. The normalized spacial score (nSPS) is 11.4. The second kappa shape index (κ2) is 4.31. The number of sulfone groups is 1. The van der Waals surface area contributed by atoms with Gasteiger partial charge in [0, 0.05) is 10.7 Å². The molecule has 1 aromatic rings. The molecule has 0 heterocycles. The summed E-state index contributed by atoms with van der Waals surface area (Å²) >= 11 is 3.29. The quantitative estimate of drug-likeness (QED) is 0.850. The second-order valence-corrected chi connectivity index (χ2v) is 6.13. The number of hydrogen-bond donors (Lipinski definition) is 0. The Hall–Kier alpha value is -0.550. The summed E-state index contributed by atoms with van der Waals surface area (Å²) < 4.78 is 28.0. The first kappa shape index (κ1) is 11.5. The molecule has 0 aliphatic heterocycles. The molecule has 0 radical (unpaired) electrons. The van der Waals surface area contributed by atoms with E-state index in [9.17, 15) is 8.42 Å². The van der Waals surface area contributed by atoms with E-state index in [1.807, 2.05) is 0 Å². The van der Waals surface area contributed by atoms with Gasteiger partial charge in [0.05, 0.1) is 12.9 Å². The molecule has 0 unspecified atom stereocenters. The van der Waals surface area contributed by atoms with Crippen molar-refractivity contribution in [2.75, 3.05) is 13.4 Å². The summed E-state index contributed by atoms with van der Waals surface area (Å²) in [5.74, 6) is 0.682. The highest BCUT2D eigenvalue weighted by Crippen LogP contribution is 2.22. The van der Waals surface area contributed by atoms with Crippen LogP contribution in [0.2, 0.25) is 0 Å². The van der Waals surface area contributed by atoms with Gasteiger partial charge in [0.15, 0.2) is 9.84 Å². The topological polar surface area (TPSA) is 43.4 Å². The Morgan fingerprint density at radius 1 is 1.36 bits per heavy atom. The van der Waals surface area contributed by atoms with Crippen LogP contribution in [0.1, 0.15) is 5.56 Å². The highest BCUT2D eigenvalue weighted by Gasteiger charge is 2.06. The highest BCUT2D eigenvalue weighted by atomic mass is 79.9. The van der Waals surface area contributed by atoms with Crippen LogP contribution in [0.15, 0.2) is 22.7 Å². The van der Waals surface area contributed by atoms with Crippen LogP contribution in [0, 0.1) is 0 Å². The molecule has 0 atom stereocenters. The number of rotatable bonds is 3. The monoisotopic (exact) mass is 278 g/mol. The summed E-state index contributed by atoms with van der Waals surface area (Å²) in [5.41, 5.74) is 0.721. The average Bonchev–Trinajstić information content (AvgIpc) is 1.99. The predicted octanol–water partition coefficient (Wildman–Crippen LogP) is 2.00. The molecule has 0 aliphatic rings. The lowest BCUT2D eigenvalue weighted by Crippen LogP contribution is -2.00. The fourth-order valence-corrected chi connectivity index (χ4v) is 2.42. The first-order valence-electron chi connectivity index (χ1n) is 3.92. The minimum atomic E-state index is -3.00. The van der Waals surface area contributed by atoms with Crippen LogP contribution in [0.4, 0.5) is 0 Å². The van der Waals surface area contributed by atoms with E-state index >= 15 is 0 Å². The molecule has 0 N–H and O–H groups in total. The van der Waals surface area contributed by atoms with Crippen molar-refractivity contribution in [3.63, 3.8) is 0 Å². The van der Waals surface area contributed by atoms with Gasteiger partial charge in [-0.3, -0.25) is 0 Å². The molecule has 78 valence electrons. The fourth-order valence-electron chi connectivity index (χ4n) is 1.12. The summed E-state index contributed by atoms with van der Waals surface area (Å²) in [6.07, 6.45) is 1.21. The lowest BCUT2D eigenvalue weighted by atomic mass is 10.2. The maximum Gasteiger partial charge on any atom is 0.151 e. The van der Waals surface area contributed by atoms with Gasteiger partial charge in [-0.05, 0) is 23.8 Å². The summed E-state index contributed by atoms with van der Waals surface area (Å²) in [7, 11) is -1.45. The number of benzene rings is 1. The molecular weight excluding hydrogens is 268 g/mol. The van der Waals surface area contributed by atoms with E-state index in [0.29, 0.717) is 5.75 Å². The van der Waals surface area contributed by atoms with Crippen molar-refractivity contribution in [3.8, 4) is 5.75 Å². The molecule has 5 heteroatoms. The van der Waals surface area contributed by atoms with Gasteiger partial charge in [-0.1, -0.05) is 15.9 Å². The van der Waals surface area contributed by atoms with Gasteiger partial charge in [-0.15, -0.1) is 0 Å². The summed E-state index contributed by atoms with van der Waals surface area (Å²) in [6.45, 7) is 0. The Morgan fingerprint density at radius 2 is 2.00 bits per heavy atom. The third kappa shape index (κ3) is 3.67. The Morgan fingerprint density at radius 3 is 2.50 bits per heavy atom. The molecule has 0 fully saturated rings.